The number of nitrogens with one attached hydrogen (secondary N) is 3. The summed E-state index contributed by atoms with van der Waals surface area (Å²) in [5.41, 5.74) is 3.19. The molecule has 1 aliphatic carbocycles. The maximum Gasteiger partial charge on any atom is 0.223 e. The number of rotatable bonds is 8. The summed E-state index contributed by atoms with van der Waals surface area (Å²) in [5.74, 6) is 1.39. The fourth-order valence-electron chi connectivity index (χ4n) is 5.12. The number of H-pyrrole nitrogens is 1. The number of pyridine rings is 2. The lowest BCUT2D eigenvalue weighted by Gasteiger charge is -2.38. The van der Waals surface area contributed by atoms with Crippen molar-refractivity contribution in [3.8, 4) is 5.82 Å². The first-order chi connectivity index (χ1) is 18.7. The summed E-state index contributed by atoms with van der Waals surface area (Å²) in [6, 6.07) is 9.35. The molecule has 204 valence electrons. The SMILES string of the molecule is COC1(c2cc(C)cc(Nc3cc(C)[nH]n3)n2)CCC(C(=O)N[C@@H](C)c2ccc(-n3cc(F)cn3)nc2)CC1. The Hall–Kier alpha value is -4.12. The molecule has 10 nitrogen and oxygen atoms in total. The molecule has 11 heteroatoms. The third-order valence-corrected chi connectivity index (χ3v) is 7.37. The highest BCUT2D eigenvalue weighted by molar-refractivity contribution is 5.79. The van der Waals surface area contributed by atoms with E-state index in [-0.39, 0.29) is 17.9 Å². The number of aryl methyl sites for hydroxylation is 2. The summed E-state index contributed by atoms with van der Waals surface area (Å²) >= 11 is 0. The van der Waals surface area contributed by atoms with Crippen LogP contribution in [0.15, 0.2) is 48.9 Å². The van der Waals surface area contributed by atoms with Crippen LogP contribution >= 0.6 is 0 Å². The molecule has 4 aromatic heterocycles. The van der Waals surface area contributed by atoms with E-state index in [4.69, 9.17) is 9.72 Å². The van der Waals surface area contributed by atoms with Gasteiger partial charge in [-0.15, -0.1) is 0 Å². The lowest BCUT2D eigenvalue weighted by Crippen LogP contribution is -2.40. The maximum atomic E-state index is 13.2. The molecule has 0 spiro atoms. The van der Waals surface area contributed by atoms with E-state index in [0.717, 1.165) is 28.7 Å². The molecule has 1 saturated carbocycles. The smallest absolute Gasteiger partial charge is 0.223 e. The van der Waals surface area contributed by atoms with Crippen molar-refractivity contribution in [3.63, 3.8) is 0 Å². The fraction of sp³-hybridized carbons (Fsp3) is 0.393. The number of halogens is 1. The molecule has 4 heterocycles. The van der Waals surface area contributed by atoms with Crippen LogP contribution in [0.4, 0.5) is 16.0 Å². The number of nitrogens with zero attached hydrogens (tertiary/aromatic N) is 5. The van der Waals surface area contributed by atoms with Crippen molar-refractivity contribution < 1.29 is 13.9 Å². The molecule has 39 heavy (non-hydrogen) atoms. The Kier molecular flexibility index (Phi) is 7.42. The molecule has 3 N–H and O–H groups in total. The number of amides is 1. The van der Waals surface area contributed by atoms with Crippen molar-refractivity contribution in [2.75, 3.05) is 12.4 Å². The zero-order valence-corrected chi connectivity index (χ0v) is 22.5. The number of anilines is 2. The zero-order chi connectivity index (χ0) is 27.6. The molecule has 0 unspecified atom stereocenters. The van der Waals surface area contributed by atoms with Crippen molar-refractivity contribution in [2.45, 2.75) is 58.1 Å². The second-order valence-corrected chi connectivity index (χ2v) is 10.2. The average Bonchev–Trinajstić information content (AvgIpc) is 3.55. The summed E-state index contributed by atoms with van der Waals surface area (Å²) in [4.78, 5) is 22.4. The Morgan fingerprint density at radius 2 is 1.97 bits per heavy atom. The lowest BCUT2D eigenvalue weighted by atomic mass is 9.76. The molecule has 5 rings (SSSR count). The van der Waals surface area contributed by atoms with Gasteiger partial charge in [0, 0.05) is 31.0 Å². The molecular weight excluding hydrogens is 499 g/mol. The minimum Gasteiger partial charge on any atom is -0.372 e. The summed E-state index contributed by atoms with van der Waals surface area (Å²) in [7, 11) is 1.71. The van der Waals surface area contributed by atoms with Crippen molar-refractivity contribution in [1.29, 1.82) is 0 Å². The maximum absolute atomic E-state index is 13.2. The van der Waals surface area contributed by atoms with Crippen LogP contribution in [0.1, 0.15) is 61.2 Å². The van der Waals surface area contributed by atoms with Gasteiger partial charge in [0.1, 0.15) is 11.4 Å². The number of hydrogen-bond acceptors (Lipinski definition) is 7. The molecule has 0 saturated heterocycles. The van der Waals surface area contributed by atoms with Gasteiger partial charge in [0.05, 0.1) is 24.1 Å². The number of methoxy groups -OCH3 is 1. The summed E-state index contributed by atoms with van der Waals surface area (Å²) in [6.07, 6.45) is 6.81. The number of aromatic amines is 1. The predicted molar refractivity (Wildman–Crippen MR) is 144 cm³/mol. The minimum atomic E-state index is -0.557. The second-order valence-electron chi connectivity index (χ2n) is 10.2. The average molecular weight is 533 g/mol. The van der Waals surface area contributed by atoms with Gasteiger partial charge in [0.2, 0.25) is 5.91 Å². The van der Waals surface area contributed by atoms with Gasteiger partial charge in [-0.3, -0.25) is 9.89 Å². The first-order valence-electron chi connectivity index (χ1n) is 13.0. The van der Waals surface area contributed by atoms with Gasteiger partial charge in [-0.2, -0.15) is 10.2 Å². The van der Waals surface area contributed by atoms with Crippen molar-refractivity contribution in [2.24, 2.45) is 5.92 Å². The molecule has 1 amide bonds. The van der Waals surface area contributed by atoms with Crippen LogP contribution in [0.5, 0.6) is 0 Å². The molecule has 1 fully saturated rings. The van der Waals surface area contributed by atoms with Crippen LogP contribution in [0.25, 0.3) is 5.82 Å². The Morgan fingerprint density at radius 1 is 1.18 bits per heavy atom. The standard InChI is InChI=1S/C28H33FN8O2/c1-17-11-23(33-24(12-17)34-25-13-18(2)35-36-25)28(39-4)9-7-20(8-10-28)27(38)32-19(3)21-5-6-26(30-14-21)37-16-22(29)15-31-37/h5-6,11-16,19-20H,7-10H2,1-4H3,(H,32,38)(H2,33,34,35,36)/t19-,20?,28?/m0/s1. The molecule has 0 aliphatic heterocycles. The number of hydrogen-bond donors (Lipinski definition) is 3. The van der Waals surface area contributed by atoms with Crippen molar-refractivity contribution >= 4 is 17.5 Å². The van der Waals surface area contributed by atoms with Crippen LogP contribution in [-0.4, -0.2) is 43.0 Å². The van der Waals surface area contributed by atoms with E-state index in [1.807, 2.05) is 39.0 Å². The van der Waals surface area contributed by atoms with Gasteiger partial charge < -0.3 is 15.4 Å². The van der Waals surface area contributed by atoms with Crippen LogP contribution < -0.4 is 10.6 Å². The predicted octanol–water partition coefficient (Wildman–Crippen LogP) is 4.79. The van der Waals surface area contributed by atoms with E-state index in [1.165, 1.54) is 10.9 Å². The lowest BCUT2D eigenvalue weighted by molar-refractivity contribution is -0.130. The molecule has 1 aliphatic rings. The van der Waals surface area contributed by atoms with E-state index >= 15 is 0 Å². The van der Waals surface area contributed by atoms with E-state index in [2.05, 4.69) is 37.0 Å². The van der Waals surface area contributed by atoms with Crippen molar-refractivity contribution in [3.05, 3.63) is 77.3 Å². The van der Waals surface area contributed by atoms with Gasteiger partial charge in [-0.25, -0.2) is 19.0 Å². The van der Waals surface area contributed by atoms with Gasteiger partial charge in [-0.1, -0.05) is 6.07 Å². The van der Waals surface area contributed by atoms with Crippen LogP contribution in [0, 0.1) is 25.6 Å². The third-order valence-electron chi connectivity index (χ3n) is 7.37. The molecule has 0 bridgehead atoms. The highest BCUT2D eigenvalue weighted by atomic mass is 19.1. The van der Waals surface area contributed by atoms with E-state index in [0.29, 0.717) is 43.1 Å². The monoisotopic (exact) mass is 532 g/mol. The Morgan fingerprint density at radius 3 is 2.59 bits per heavy atom. The first kappa shape index (κ1) is 26.5. The Bertz CT molecular complexity index is 1440. The topological polar surface area (TPSA) is 123 Å². The summed E-state index contributed by atoms with van der Waals surface area (Å²) in [6.45, 7) is 5.91. The minimum absolute atomic E-state index is 0.0129. The number of carbonyl (C=O) groups excluding carboxylic acids is 1. The number of ether oxygens (including phenoxy) is 1. The van der Waals surface area contributed by atoms with Crippen LogP contribution in [0.3, 0.4) is 0 Å². The number of carbonyl (C=O) groups is 1. The molecule has 0 aromatic carbocycles. The normalized spacial score (nSPS) is 20.0. The highest BCUT2D eigenvalue weighted by Crippen LogP contribution is 2.42. The van der Waals surface area contributed by atoms with Gasteiger partial charge in [0.25, 0.3) is 0 Å². The van der Waals surface area contributed by atoms with E-state index in [1.54, 1.807) is 19.4 Å². The second kappa shape index (κ2) is 10.9. The summed E-state index contributed by atoms with van der Waals surface area (Å²) in [5, 5.41) is 17.5. The third kappa shape index (κ3) is 5.83. The fourth-order valence-corrected chi connectivity index (χ4v) is 5.12. The molecule has 0 radical (unpaired) electrons. The quantitative estimate of drug-likeness (QED) is 0.298. The molecule has 1 atom stereocenters. The largest absolute Gasteiger partial charge is 0.372 e. The highest BCUT2D eigenvalue weighted by Gasteiger charge is 2.40. The number of aromatic nitrogens is 6. The first-order valence-corrected chi connectivity index (χ1v) is 13.0. The van der Waals surface area contributed by atoms with E-state index in [9.17, 15) is 9.18 Å². The Balaban J connectivity index is 1.21. The molecular formula is C28H33FN8O2. The van der Waals surface area contributed by atoms with Gasteiger partial charge in [-0.05, 0) is 75.8 Å². The van der Waals surface area contributed by atoms with Crippen LogP contribution in [-0.2, 0) is 15.1 Å². The van der Waals surface area contributed by atoms with E-state index < -0.39 is 11.4 Å². The van der Waals surface area contributed by atoms with Crippen molar-refractivity contribution in [1.82, 2.24) is 35.3 Å². The molecule has 4 aromatic rings. The Labute approximate surface area is 226 Å². The van der Waals surface area contributed by atoms with Crippen LogP contribution in [0.2, 0.25) is 0 Å². The van der Waals surface area contributed by atoms with Gasteiger partial charge >= 0.3 is 0 Å². The zero-order valence-electron chi connectivity index (χ0n) is 22.5. The summed E-state index contributed by atoms with van der Waals surface area (Å²) < 4.78 is 20.7. The van der Waals surface area contributed by atoms with Gasteiger partial charge in [0.15, 0.2) is 17.5 Å².